The fraction of sp³-hybridized carbons (Fsp3) is 0.545. The number of nitrogens with zero attached hydrogens (tertiary/aromatic N) is 2. The van der Waals surface area contributed by atoms with Gasteiger partial charge >= 0.3 is 12.3 Å². The first-order valence-electron chi connectivity index (χ1n) is 5.11. The number of carbonyl (C=O) groups is 2. The maximum absolute atomic E-state index is 11.4. The molecule has 0 unspecified atom stereocenters. The molecular formula is C11H17N3O3. The quantitative estimate of drug-likeness (QED) is 0.339. The standard InChI is InChI=1S/C11H17N3O3/c1-5-6-9(8(15)7-13-12)17-10(16)14-11(2,3)4/h5,7,9H,1,6H2,2-4H3,(H,14,16)/t9-/m0/s1. The molecule has 0 radical (unpaired) electrons. The van der Waals surface area contributed by atoms with Crippen LogP contribution in [-0.4, -0.2) is 34.5 Å². The molecule has 0 aromatic carbocycles. The van der Waals surface area contributed by atoms with Crippen molar-refractivity contribution in [2.45, 2.75) is 38.8 Å². The van der Waals surface area contributed by atoms with E-state index in [1.165, 1.54) is 6.08 Å². The minimum atomic E-state index is -1.02. The number of amides is 1. The Morgan fingerprint density at radius 2 is 2.12 bits per heavy atom. The number of nitrogens with one attached hydrogen (secondary N) is 1. The van der Waals surface area contributed by atoms with Gasteiger partial charge in [0.25, 0.3) is 5.78 Å². The zero-order chi connectivity index (χ0) is 13.5. The van der Waals surface area contributed by atoms with E-state index in [0.717, 1.165) is 0 Å². The average molecular weight is 239 g/mol. The van der Waals surface area contributed by atoms with Gasteiger partial charge in [0.15, 0.2) is 6.10 Å². The fourth-order valence-electron chi connectivity index (χ4n) is 0.979. The zero-order valence-corrected chi connectivity index (χ0v) is 10.3. The van der Waals surface area contributed by atoms with Crippen LogP contribution in [0.1, 0.15) is 27.2 Å². The summed E-state index contributed by atoms with van der Waals surface area (Å²) in [5, 5.41) is 2.55. The topological polar surface area (TPSA) is 91.8 Å². The Bertz CT molecular complexity index is 351. The van der Waals surface area contributed by atoms with E-state index in [9.17, 15) is 9.59 Å². The molecule has 1 amide bonds. The Hall–Kier alpha value is -1.94. The first-order chi connectivity index (χ1) is 7.80. The zero-order valence-electron chi connectivity index (χ0n) is 10.3. The third-order valence-corrected chi connectivity index (χ3v) is 1.61. The Morgan fingerprint density at radius 3 is 2.53 bits per heavy atom. The molecular weight excluding hydrogens is 222 g/mol. The third kappa shape index (κ3) is 7.03. The van der Waals surface area contributed by atoms with E-state index < -0.39 is 23.5 Å². The molecule has 0 aliphatic rings. The van der Waals surface area contributed by atoms with Crippen LogP contribution >= 0.6 is 0 Å². The summed E-state index contributed by atoms with van der Waals surface area (Å²) in [6, 6.07) is 0. The van der Waals surface area contributed by atoms with Crippen molar-refractivity contribution >= 4 is 18.1 Å². The molecule has 17 heavy (non-hydrogen) atoms. The van der Waals surface area contributed by atoms with Gasteiger partial charge < -0.3 is 15.6 Å². The predicted molar refractivity (Wildman–Crippen MR) is 62.7 cm³/mol. The Balaban J connectivity index is 4.54. The van der Waals surface area contributed by atoms with Gasteiger partial charge in [-0.15, -0.1) is 6.58 Å². The Morgan fingerprint density at radius 1 is 1.53 bits per heavy atom. The van der Waals surface area contributed by atoms with Crippen molar-refractivity contribution in [1.82, 2.24) is 5.32 Å². The summed E-state index contributed by atoms with van der Waals surface area (Å²) in [7, 11) is 0. The summed E-state index contributed by atoms with van der Waals surface area (Å²) in [4.78, 5) is 25.4. The van der Waals surface area contributed by atoms with E-state index in [-0.39, 0.29) is 6.42 Å². The highest BCUT2D eigenvalue weighted by molar-refractivity contribution is 6.27. The molecule has 94 valence electrons. The van der Waals surface area contributed by atoms with Gasteiger partial charge in [-0.2, -0.15) is 4.79 Å². The molecule has 0 aromatic heterocycles. The monoisotopic (exact) mass is 239 g/mol. The van der Waals surface area contributed by atoms with Crippen molar-refractivity contribution in [3.05, 3.63) is 18.2 Å². The number of carbonyl (C=O) groups excluding carboxylic acids is 2. The minimum Gasteiger partial charge on any atom is -0.437 e. The van der Waals surface area contributed by atoms with E-state index in [1.54, 1.807) is 20.8 Å². The molecule has 0 aliphatic heterocycles. The molecule has 0 spiro atoms. The van der Waals surface area contributed by atoms with Crippen LogP contribution in [0.25, 0.3) is 5.53 Å². The summed E-state index contributed by atoms with van der Waals surface area (Å²) in [6.07, 6.45) is 0.564. The molecule has 0 aliphatic carbocycles. The molecule has 1 N–H and O–H groups in total. The summed E-state index contributed by atoms with van der Waals surface area (Å²) >= 11 is 0. The normalized spacial score (nSPS) is 11.9. The van der Waals surface area contributed by atoms with Gasteiger partial charge in [-0.3, -0.25) is 4.79 Å². The number of alkyl carbamates (subject to hydrolysis) is 1. The highest BCUT2D eigenvalue weighted by Gasteiger charge is 2.24. The van der Waals surface area contributed by atoms with E-state index in [1.807, 2.05) is 0 Å². The Labute approximate surface area is 100 Å². The molecule has 0 fully saturated rings. The second-order valence-electron chi connectivity index (χ2n) is 4.44. The highest BCUT2D eigenvalue weighted by atomic mass is 16.6. The van der Waals surface area contributed by atoms with Crippen molar-refractivity contribution in [2.24, 2.45) is 0 Å². The largest absolute Gasteiger partial charge is 0.437 e. The van der Waals surface area contributed by atoms with Crippen LogP contribution in [0.15, 0.2) is 12.7 Å². The molecule has 6 nitrogen and oxygen atoms in total. The van der Waals surface area contributed by atoms with Crippen molar-refractivity contribution < 1.29 is 19.1 Å². The van der Waals surface area contributed by atoms with Gasteiger partial charge in [-0.25, -0.2) is 4.79 Å². The summed E-state index contributed by atoms with van der Waals surface area (Å²) < 4.78 is 4.91. The van der Waals surface area contributed by atoms with E-state index in [0.29, 0.717) is 6.21 Å². The molecule has 0 aromatic rings. The lowest BCUT2D eigenvalue weighted by molar-refractivity contribution is -0.123. The van der Waals surface area contributed by atoms with E-state index in [2.05, 4.69) is 16.7 Å². The maximum Gasteiger partial charge on any atom is 0.408 e. The lowest BCUT2D eigenvalue weighted by Gasteiger charge is -2.21. The van der Waals surface area contributed by atoms with Gasteiger partial charge in [0.1, 0.15) is 0 Å². The van der Waals surface area contributed by atoms with Crippen LogP contribution in [0, 0.1) is 0 Å². The summed E-state index contributed by atoms with van der Waals surface area (Å²) in [5.41, 5.74) is 7.79. The summed E-state index contributed by atoms with van der Waals surface area (Å²) in [6.45, 7) is 8.81. The van der Waals surface area contributed by atoms with Gasteiger partial charge in [0.2, 0.25) is 0 Å². The molecule has 0 saturated carbocycles. The fourth-order valence-corrected chi connectivity index (χ4v) is 0.979. The second kappa shape index (κ2) is 6.60. The number of Topliss-reactive ketones (excluding diaryl/α,β-unsaturated/α-hetero) is 1. The van der Waals surface area contributed by atoms with E-state index in [4.69, 9.17) is 10.3 Å². The van der Waals surface area contributed by atoms with Crippen molar-refractivity contribution in [3.8, 4) is 0 Å². The molecule has 0 rings (SSSR count). The lowest BCUT2D eigenvalue weighted by Crippen LogP contribution is -2.43. The number of ether oxygens (including phenoxy) is 1. The number of ketones is 1. The molecule has 0 bridgehead atoms. The van der Waals surface area contributed by atoms with Gasteiger partial charge in [0, 0.05) is 12.0 Å². The maximum atomic E-state index is 11.4. The molecule has 6 heteroatoms. The highest BCUT2D eigenvalue weighted by Crippen LogP contribution is 2.04. The van der Waals surface area contributed by atoms with E-state index >= 15 is 0 Å². The van der Waals surface area contributed by atoms with Gasteiger partial charge in [0.05, 0.1) is 0 Å². The molecule has 0 saturated heterocycles. The molecule has 0 heterocycles. The number of rotatable bonds is 5. The van der Waals surface area contributed by atoms with Crippen LogP contribution < -0.4 is 5.32 Å². The molecule has 1 atom stereocenters. The number of hydrogen-bond acceptors (Lipinski definition) is 3. The van der Waals surface area contributed by atoms with Crippen LogP contribution in [-0.2, 0) is 9.53 Å². The minimum absolute atomic E-state index is 0.155. The van der Waals surface area contributed by atoms with Gasteiger partial charge in [-0.1, -0.05) is 6.08 Å². The lowest BCUT2D eigenvalue weighted by atomic mass is 10.1. The van der Waals surface area contributed by atoms with Crippen LogP contribution in [0.3, 0.4) is 0 Å². The third-order valence-electron chi connectivity index (χ3n) is 1.61. The first kappa shape index (κ1) is 15.1. The second-order valence-corrected chi connectivity index (χ2v) is 4.44. The van der Waals surface area contributed by atoms with Crippen molar-refractivity contribution in [2.75, 3.05) is 0 Å². The van der Waals surface area contributed by atoms with Crippen LogP contribution in [0.5, 0.6) is 0 Å². The average Bonchev–Trinajstić information content (AvgIpc) is 2.14. The smallest absolute Gasteiger partial charge is 0.408 e. The van der Waals surface area contributed by atoms with Crippen LogP contribution in [0.4, 0.5) is 4.79 Å². The van der Waals surface area contributed by atoms with Gasteiger partial charge in [-0.05, 0) is 20.8 Å². The Kier molecular flexibility index (Phi) is 5.85. The SMILES string of the molecule is C=CC[C@H](OC(=O)NC(C)(C)C)C(=O)C=[N+]=[N-]. The predicted octanol–water partition coefficient (Wildman–Crippen LogP) is 1.33. The summed E-state index contributed by atoms with van der Waals surface area (Å²) in [5.74, 6) is -0.601. The first-order valence-corrected chi connectivity index (χ1v) is 5.11. The van der Waals surface area contributed by atoms with Crippen molar-refractivity contribution in [3.63, 3.8) is 0 Å². The van der Waals surface area contributed by atoms with Crippen LogP contribution in [0.2, 0.25) is 0 Å². The van der Waals surface area contributed by atoms with Crippen molar-refractivity contribution in [1.29, 1.82) is 0 Å². The number of hydrogen-bond donors (Lipinski definition) is 1.